The third kappa shape index (κ3) is 3.40. The lowest BCUT2D eigenvalue weighted by Gasteiger charge is -2.22. The Hall–Kier alpha value is -2.16. The monoisotopic (exact) mass is 374 g/mol. The molecule has 0 amide bonds. The summed E-state index contributed by atoms with van der Waals surface area (Å²) in [5.41, 5.74) is -2.69. The van der Waals surface area contributed by atoms with E-state index in [1.165, 1.54) is 0 Å². The molecule has 0 bridgehead atoms. The van der Waals surface area contributed by atoms with E-state index in [1.807, 2.05) is 0 Å². The Morgan fingerprint density at radius 2 is 1.85 bits per heavy atom. The van der Waals surface area contributed by atoms with E-state index in [2.05, 4.69) is 9.97 Å². The molecule has 1 N–H and O–H groups in total. The summed E-state index contributed by atoms with van der Waals surface area (Å²) in [7, 11) is 0. The second-order valence-electron chi connectivity index (χ2n) is 7.42. The summed E-state index contributed by atoms with van der Waals surface area (Å²) in [4.78, 5) is 7.80. The van der Waals surface area contributed by atoms with Gasteiger partial charge < -0.3 is 14.6 Å². The summed E-state index contributed by atoms with van der Waals surface area (Å²) in [5.74, 6) is -4.96. The number of hydrogen-bond donors (Lipinski definition) is 1. The van der Waals surface area contributed by atoms with Crippen LogP contribution in [0.25, 0.3) is 10.9 Å². The van der Waals surface area contributed by atoms with E-state index in [4.69, 9.17) is 9.47 Å². The van der Waals surface area contributed by atoms with Crippen molar-refractivity contribution in [1.82, 2.24) is 9.97 Å². The quantitative estimate of drug-likeness (QED) is 0.812. The molecular weight excluding hydrogens is 356 g/mol. The number of aliphatic hydroxyl groups excluding tert-OH is 1. The largest absolute Gasteiger partial charge is 0.471 e. The average molecular weight is 374 g/mol. The van der Waals surface area contributed by atoms with Crippen LogP contribution >= 0.6 is 0 Å². The van der Waals surface area contributed by atoms with Gasteiger partial charge in [0, 0.05) is 12.5 Å². The van der Waals surface area contributed by atoms with Crippen molar-refractivity contribution in [1.29, 1.82) is 0 Å². The molecule has 1 heterocycles. The predicted octanol–water partition coefficient (Wildman–Crippen LogP) is 3.48. The zero-order chi connectivity index (χ0) is 19.3. The van der Waals surface area contributed by atoms with Gasteiger partial charge in [-0.25, -0.2) is 17.6 Å². The molecule has 1 aliphatic rings. The number of aromatic nitrogens is 2. The predicted molar refractivity (Wildman–Crippen MR) is 84.4 cm³/mol. The van der Waals surface area contributed by atoms with Crippen LogP contribution in [0.15, 0.2) is 12.1 Å². The maximum Gasteiger partial charge on any atom is 0.320 e. The summed E-state index contributed by atoms with van der Waals surface area (Å²) >= 11 is 0. The first-order chi connectivity index (χ1) is 12.0. The number of hydrogen-bond acceptors (Lipinski definition) is 5. The lowest BCUT2D eigenvalue weighted by molar-refractivity contribution is 0.0124. The topological polar surface area (TPSA) is 64.5 Å². The molecule has 26 heavy (non-hydrogen) atoms. The molecule has 1 fully saturated rings. The second kappa shape index (κ2) is 5.94. The summed E-state index contributed by atoms with van der Waals surface area (Å²) < 4.78 is 65.3. The fourth-order valence-corrected chi connectivity index (χ4v) is 2.50. The zero-order valence-corrected chi connectivity index (χ0v) is 14.4. The normalized spacial score (nSPS) is 21.7. The molecule has 9 heteroatoms. The van der Waals surface area contributed by atoms with Crippen LogP contribution in [0.1, 0.15) is 27.2 Å². The molecule has 142 valence electrons. The fraction of sp³-hybridized carbons (Fsp3) is 0.529. The van der Waals surface area contributed by atoms with Crippen molar-refractivity contribution in [3.05, 3.63) is 23.8 Å². The lowest BCUT2D eigenvalue weighted by Crippen LogP contribution is -2.26. The molecule has 0 radical (unpaired) electrons. The SMILES string of the molecule is CC(C)(C)Oc1nc(OCC2(CO)CC2(F)F)nc2c(F)cc(F)cc12. The van der Waals surface area contributed by atoms with Gasteiger partial charge in [0.2, 0.25) is 5.88 Å². The average Bonchev–Trinajstić information content (AvgIpc) is 3.06. The van der Waals surface area contributed by atoms with E-state index in [1.54, 1.807) is 20.8 Å². The molecule has 3 rings (SSSR count). The lowest BCUT2D eigenvalue weighted by atomic mass is 10.1. The maximum atomic E-state index is 14.1. The number of aliphatic hydroxyl groups is 1. The molecule has 5 nitrogen and oxygen atoms in total. The van der Waals surface area contributed by atoms with Crippen LogP contribution in [0.5, 0.6) is 11.9 Å². The highest BCUT2D eigenvalue weighted by Gasteiger charge is 2.71. The standard InChI is InChI=1S/C17H18F4N2O3/c1-15(2,3)26-13-10-4-9(18)5-11(19)12(10)22-14(23-13)25-8-16(7-24)6-17(16,20)21/h4-5,24H,6-8H2,1-3H3. The minimum Gasteiger partial charge on any atom is -0.471 e. The molecular formula is C17H18F4N2O3. The first-order valence-corrected chi connectivity index (χ1v) is 7.94. The van der Waals surface area contributed by atoms with E-state index < -0.39 is 54.2 Å². The summed E-state index contributed by atoms with van der Waals surface area (Å²) in [6.07, 6.45) is -0.519. The van der Waals surface area contributed by atoms with Crippen molar-refractivity contribution < 1.29 is 32.1 Å². The van der Waals surface area contributed by atoms with Gasteiger partial charge in [-0.05, 0) is 26.8 Å². The first kappa shape index (κ1) is 18.6. The van der Waals surface area contributed by atoms with Crippen LogP contribution in [0.2, 0.25) is 0 Å². The van der Waals surface area contributed by atoms with Gasteiger partial charge in [-0.15, -0.1) is 0 Å². The summed E-state index contributed by atoms with van der Waals surface area (Å²) in [6.45, 7) is 3.83. The Morgan fingerprint density at radius 1 is 1.19 bits per heavy atom. The summed E-state index contributed by atoms with van der Waals surface area (Å²) in [5, 5.41) is 9.20. The number of nitrogens with zero attached hydrogens (tertiary/aromatic N) is 2. The fourth-order valence-electron chi connectivity index (χ4n) is 2.50. The Morgan fingerprint density at radius 3 is 2.38 bits per heavy atom. The van der Waals surface area contributed by atoms with Crippen molar-refractivity contribution in [2.24, 2.45) is 5.41 Å². The van der Waals surface area contributed by atoms with Gasteiger partial charge in [-0.3, -0.25) is 0 Å². The Balaban J connectivity index is 1.98. The number of rotatable bonds is 5. The molecule has 1 aliphatic carbocycles. The van der Waals surface area contributed by atoms with Gasteiger partial charge >= 0.3 is 6.01 Å². The Kier molecular flexibility index (Phi) is 4.25. The highest BCUT2D eigenvalue weighted by Crippen LogP contribution is 2.60. The second-order valence-corrected chi connectivity index (χ2v) is 7.42. The van der Waals surface area contributed by atoms with Gasteiger partial charge in [0.05, 0.1) is 17.4 Å². The van der Waals surface area contributed by atoms with Crippen molar-refractivity contribution in [2.45, 2.75) is 38.7 Å². The molecule has 0 spiro atoms. The number of halogens is 4. The van der Waals surface area contributed by atoms with Gasteiger partial charge in [0.15, 0.2) is 5.82 Å². The van der Waals surface area contributed by atoms with Crippen molar-refractivity contribution in [3.63, 3.8) is 0 Å². The third-order valence-electron chi connectivity index (χ3n) is 4.06. The smallest absolute Gasteiger partial charge is 0.320 e. The third-order valence-corrected chi connectivity index (χ3v) is 4.06. The van der Waals surface area contributed by atoms with Crippen molar-refractivity contribution in [2.75, 3.05) is 13.2 Å². The van der Waals surface area contributed by atoms with E-state index in [-0.39, 0.29) is 16.8 Å². The molecule has 2 aromatic rings. The molecule has 1 aromatic carbocycles. The van der Waals surface area contributed by atoms with Gasteiger partial charge in [-0.2, -0.15) is 9.97 Å². The summed E-state index contributed by atoms with van der Waals surface area (Å²) in [6, 6.07) is 1.27. The van der Waals surface area contributed by atoms with Gasteiger partial charge in [0.25, 0.3) is 5.92 Å². The van der Waals surface area contributed by atoms with Crippen LogP contribution in [-0.4, -0.2) is 39.8 Å². The van der Waals surface area contributed by atoms with E-state index in [0.29, 0.717) is 6.07 Å². The van der Waals surface area contributed by atoms with Crippen molar-refractivity contribution >= 4 is 10.9 Å². The van der Waals surface area contributed by atoms with Crippen LogP contribution in [0, 0.1) is 17.0 Å². The van der Waals surface area contributed by atoms with Crippen LogP contribution in [0.3, 0.4) is 0 Å². The maximum absolute atomic E-state index is 14.1. The van der Waals surface area contributed by atoms with E-state index in [9.17, 15) is 22.7 Å². The molecule has 1 saturated carbocycles. The Labute approximate surface area is 147 Å². The van der Waals surface area contributed by atoms with E-state index in [0.717, 1.165) is 6.07 Å². The molecule has 1 unspecified atom stereocenters. The van der Waals surface area contributed by atoms with Gasteiger partial charge in [0.1, 0.15) is 23.5 Å². The zero-order valence-electron chi connectivity index (χ0n) is 14.4. The van der Waals surface area contributed by atoms with Crippen LogP contribution in [0.4, 0.5) is 17.6 Å². The van der Waals surface area contributed by atoms with Crippen molar-refractivity contribution in [3.8, 4) is 11.9 Å². The minimum atomic E-state index is -3.04. The first-order valence-electron chi connectivity index (χ1n) is 7.94. The van der Waals surface area contributed by atoms with Crippen LogP contribution < -0.4 is 9.47 Å². The number of alkyl halides is 2. The number of benzene rings is 1. The van der Waals surface area contributed by atoms with E-state index >= 15 is 0 Å². The molecule has 0 saturated heterocycles. The number of ether oxygens (including phenoxy) is 2. The minimum absolute atomic E-state index is 0.00148. The molecule has 0 aliphatic heterocycles. The highest BCUT2D eigenvalue weighted by molar-refractivity contribution is 5.84. The van der Waals surface area contributed by atoms with Gasteiger partial charge in [-0.1, -0.05) is 0 Å². The molecule has 1 aromatic heterocycles. The number of fused-ring (bicyclic) bond motifs is 1. The highest BCUT2D eigenvalue weighted by atomic mass is 19.3. The van der Waals surface area contributed by atoms with Crippen LogP contribution in [-0.2, 0) is 0 Å². The molecule has 1 atom stereocenters. The Bertz CT molecular complexity index is 854.